The Labute approximate surface area is 58.0 Å². The number of hydrogen-bond acceptors (Lipinski definition) is 1. The average molecular weight is 148 g/mol. The largest absolute Gasteiger partial charge is 0.393 e. The number of halogens is 2. The van der Waals surface area contributed by atoms with Gasteiger partial charge in [-0.2, -0.15) is 0 Å². The normalized spacial score (nSPS) is 56.4. The van der Waals surface area contributed by atoms with Gasteiger partial charge in [-0.05, 0) is 12.3 Å². The first-order chi connectivity index (χ1) is 4.55. The van der Waals surface area contributed by atoms with Crippen molar-refractivity contribution in [1.82, 2.24) is 0 Å². The highest BCUT2D eigenvalue weighted by molar-refractivity contribution is 5.15. The van der Waals surface area contributed by atoms with E-state index in [0.29, 0.717) is 6.42 Å². The number of aliphatic hydroxyl groups excluding tert-OH is 1. The second-order valence-electron chi connectivity index (χ2n) is 3.51. The molecule has 3 heteroatoms. The van der Waals surface area contributed by atoms with Crippen LogP contribution in [0.4, 0.5) is 8.78 Å². The fourth-order valence-corrected chi connectivity index (χ4v) is 2.28. The average Bonchev–Trinajstić information content (AvgIpc) is 2.17. The number of hydrogen-bond donors (Lipinski definition) is 1. The summed E-state index contributed by atoms with van der Waals surface area (Å²) in [4.78, 5) is 0. The van der Waals surface area contributed by atoms with Crippen LogP contribution < -0.4 is 0 Å². The maximum Gasteiger partial charge on any atom is 0.257 e. The summed E-state index contributed by atoms with van der Waals surface area (Å²) in [7, 11) is 0. The van der Waals surface area contributed by atoms with Crippen LogP contribution in [0.3, 0.4) is 0 Å². The van der Waals surface area contributed by atoms with Gasteiger partial charge in [0.05, 0.1) is 12.0 Å². The van der Waals surface area contributed by atoms with Crippen LogP contribution in [-0.4, -0.2) is 17.1 Å². The van der Waals surface area contributed by atoms with Gasteiger partial charge in [0.1, 0.15) is 0 Å². The molecule has 0 unspecified atom stereocenters. The van der Waals surface area contributed by atoms with Crippen molar-refractivity contribution in [3.05, 3.63) is 0 Å². The summed E-state index contributed by atoms with van der Waals surface area (Å²) in [6.07, 6.45) is -0.180. The van der Waals surface area contributed by atoms with Gasteiger partial charge in [-0.15, -0.1) is 0 Å². The topological polar surface area (TPSA) is 20.2 Å². The second kappa shape index (κ2) is 1.52. The molecular formula is C7H10F2O. The molecular weight excluding hydrogens is 138 g/mol. The standard InChI is InChI=1S/C7H10F2O/c1-3-2-4(10)6-5(3)7(6,8)9/h3-6,10H,2H2,1H3/t3-,4+,5+,6-/m0/s1. The van der Waals surface area contributed by atoms with Crippen LogP contribution in [0.2, 0.25) is 0 Å². The van der Waals surface area contributed by atoms with Crippen molar-refractivity contribution in [2.75, 3.05) is 0 Å². The lowest BCUT2D eigenvalue weighted by atomic mass is 10.1. The van der Waals surface area contributed by atoms with E-state index < -0.39 is 23.9 Å². The van der Waals surface area contributed by atoms with E-state index >= 15 is 0 Å². The highest BCUT2D eigenvalue weighted by Crippen LogP contribution is 2.66. The van der Waals surface area contributed by atoms with E-state index in [4.69, 9.17) is 5.11 Å². The summed E-state index contributed by atoms with van der Waals surface area (Å²) in [5.41, 5.74) is 0. The smallest absolute Gasteiger partial charge is 0.257 e. The quantitative estimate of drug-likeness (QED) is 0.548. The molecule has 2 aliphatic carbocycles. The van der Waals surface area contributed by atoms with E-state index in [9.17, 15) is 8.78 Å². The van der Waals surface area contributed by atoms with E-state index in [-0.39, 0.29) is 5.92 Å². The minimum absolute atomic E-state index is 0.00926. The van der Waals surface area contributed by atoms with Gasteiger partial charge < -0.3 is 5.11 Å². The predicted molar refractivity (Wildman–Crippen MR) is 31.7 cm³/mol. The molecule has 2 rings (SSSR count). The molecule has 0 aromatic heterocycles. The fourth-order valence-electron chi connectivity index (χ4n) is 2.28. The third kappa shape index (κ3) is 0.546. The van der Waals surface area contributed by atoms with Crippen molar-refractivity contribution in [2.24, 2.45) is 17.8 Å². The van der Waals surface area contributed by atoms with Crippen LogP contribution in [-0.2, 0) is 0 Å². The molecule has 0 spiro atoms. The Morgan fingerprint density at radius 1 is 1.40 bits per heavy atom. The summed E-state index contributed by atoms with van der Waals surface area (Å²) < 4.78 is 25.2. The summed E-state index contributed by atoms with van der Waals surface area (Å²) >= 11 is 0. The van der Waals surface area contributed by atoms with E-state index in [1.54, 1.807) is 6.92 Å². The maximum absolute atomic E-state index is 12.6. The van der Waals surface area contributed by atoms with Crippen molar-refractivity contribution >= 4 is 0 Å². The van der Waals surface area contributed by atoms with Gasteiger partial charge in [0, 0.05) is 5.92 Å². The van der Waals surface area contributed by atoms with E-state index in [1.165, 1.54) is 0 Å². The Morgan fingerprint density at radius 3 is 2.20 bits per heavy atom. The third-order valence-electron chi connectivity index (χ3n) is 2.81. The van der Waals surface area contributed by atoms with Crippen LogP contribution in [0.25, 0.3) is 0 Å². The lowest BCUT2D eigenvalue weighted by molar-refractivity contribution is 0.0183. The molecule has 2 aliphatic rings. The van der Waals surface area contributed by atoms with Gasteiger partial charge in [-0.1, -0.05) is 6.92 Å². The zero-order chi connectivity index (χ0) is 7.52. The van der Waals surface area contributed by atoms with Crippen LogP contribution >= 0.6 is 0 Å². The molecule has 2 saturated carbocycles. The molecule has 0 bridgehead atoms. The highest BCUT2D eigenvalue weighted by atomic mass is 19.3. The van der Waals surface area contributed by atoms with Gasteiger partial charge >= 0.3 is 0 Å². The van der Waals surface area contributed by atoms with Crippen molar-refractivity contribution in [3.8, 4) is 0 Å². The first-order valence-electron chi connectivity index (χ1n) is 3.61. The predicted octanol–water partition coefficient (Wildman–Crippen LogP) is 1.27. The van der Waals surface area contributed by atoms with Crippen LogP contribution in [0.15, 0.2) is 0 Å². The van der Waals surface area contributed by atoms with Gasteiger partial charge in [-0.3, -0.25) is 0 Å². The minimum atomic E-state index is -2.54. The van der Waals surface area contributed by atoms with Gasteiger partial charge in [-0.25, -0.2) is 8.78 Å². The van der Waals surface area contributed by atoms with E-state index in [2.05, 4.69) is 0 Å². The van der Waals surface area contributed by atoms with Gasteiger partial charge in [0.2, 0.25) is 0 Å². The van der Waals surface area contributed by atoms with Crippen LogP contribution in [0.1, 0.15) is 13.3 Å². The highest BCUT2D eigenvalue weighted by Gasteiger charge is 2.75. The Bertz CT molecular complexity index is 153. The number of fused-ring (bicyclic) bond motifs is 1. The Morgan fingerprint density at radius 2 is 2.00 bits per heavy atom. The molecule has 2 fully saturated rings. The molecule has 0 saturated heterocycles. The second-order valence-corrected chi connectivity index (χ2v) is 3.51. The van der Waals surface area contributed by atoms with Crippen LogP contribution in [0, 0.1) is 17.8 Å². The molecule has 4 atom stereocenters. The monoisotopic (exact) mass is 148 g/mol. The Hall–Kier alpha value is -0.180. The molecule has 58 valence electrons. The lowest BCUT2D eigenvalue weighted by Crippen LogP contribution is -2.16. The third-order valence-corrected chi connectivity index (χ3v) is 2.81. The Balaban J connectivity index is 2.18. The molecule has 0 heterocycles. The van der Waals surface area contributed by atoms with Crippen molar-refractivity contribution in [2.45, 2.75) is 25.4 Å². The fraction of sp³-hybridized carbons (Fsp3) is 1.00. The van der Waals surface area contributed by atoms with Crippen molar-refractivity contribution in [1.29, 1.82) is 0 Å². The summed E-state index contributed by atoms with van der Waals surface area (Å²) in [6, 6.07) is 0. The number of alkyl halides is 2. The summed E-state index contributed by atoms with van der Waals surface area (Å²) in [6.45, 7) is 1.79. The molecule has 0 aromatic rings. The van der Waals surface area contributed by atoms with Crippen molar-refractivity contribution < 1.29 is 13.9 Å². The molecule has 0 aliphatic heterocycles. The molecule has 0 radical (unpaired) electrons. The van der Waals surface area contributed by atoms with E-state index in [0.717, 1.165) is 0 Å². The zero-order valence-electron chi connectivity index (χ0n) is 5.72. The molecule has 10 heavy (non-hydrogen) atoms. The van der Waals surface area contributed by atoms with E-state index in [1.807, 2.05) is 0 Å². The molecule has 1 N–H and O–H groups in total. The molecule has 0 aromatic carbocycles. The van der Waals surface area contributed by atoms with Crippen molar-refractivity contribution in [3.63, 3.8) is 0 Å². The number of aliphatic hydroxyl groups is 1. The zero-order valence-corrected chi connectivity index (χ0v) is 5.72. The Kier molecular flexibility index (Phi) is 0.994. The van der Waals surface area contributed by atoms with Gasteiger partial charge in [0.15, 0.2) is 0 Å². The number of rotatable bonds is 0. The van der Waals surface area contributed by atoms with Gasteiger partial charge in [0.25, 0.3) is 5.92 Å². The lowest BCUT2D eigenvalue weighted by Gasteiger charge is -2.10. The molecule has 1 nitrogen and oxygen atoms in total. The summed E-state index contributed by atoms with van der Waals surface area (Å²) in [5.74, 6) is -3.75. The van der Waals surface area contributed by atoms with Crippen LogP contribution in [0.5, 0.6) is 0 Å². The molecule has 0 amide bonds. The maximum atomic E-state index is 12.6. The minimum Gasteiger partial charge on any atom is -0.393 e. The summed E-state index contributed by atoms with van der Waals surface area (Å²) in [5, 5.41) is 9.07. The first kappa shape index (κ1) is 6.53. The first-order valence-corrected chi connectivity index (χ1v) is 3.61. The SMILES string of the molecule is C[C@H]1C[C@@H](O)[C@H]2[C@@H]1C2(F)F.